The van der Waals surface area contributed by atoms with Crippen LogP contribution in [0.3, 0.4) is 0 Å². The third kappa shape index (κ3) is 4.27. The molecule has 2 aromatic heterocycles. The van der Waals surface area contributed by atoms with Gasteiger partial charge in [-0.3, -0.25) is 10.1 Å². The number of hydrogen-bond donors (Lipinski definition) is 1. The zero-order valence-electron chi connectivity index (χ0n) is 16.3. The minimum Gasteiger partial charge on any atom is -0.361 e. The smallest absolute Gasteiger partial charge is 0.279 e. The van der Waals surface area contributed by atoms with Crippen LogP contribution in [0.25, 0.3) is 22.4 Å². The highest BCUT2D eigenvalue weighted by atomic mass is 32.1. The number of nitrogens with one attached hydrogen (secondary N) is 1. The lowest BCUT2D eigenvalue weighted by Crippen LogP contribution is -2.11. The molecule has 0 aliphatic heterocycles. The van der Waals surface area contributed by atoms with Gasteiger partial charge in [0.15, 0.2) is 10.8 Å². The second kappa shape index (κ2) is 8.41. The van der Waals surface area contributed by atoms with Crippen LogP contribution >= 0.6 is 11.3 Å². The zero-order chi connectivity index (χ0) is 20.2. The van der Waals surface area contributed by atoms with Gasteiger partial charge in [-0.25, -0.2) is 4.98 Å². The Labute approximate surface area is 173 Å². The summed E-state index contributed by atoms with van der Waals surface area (Å²) in [6.45, 7) is 3.89. The van der Waals surface area contributed by atoms with E-state index in [1.54, 1.807) is 13.0 Å². The number of rotatable bonds is 6. The van der Waals surface area contributed by atoms with Crippen molar-refractivity contribution in [2.45, 2.75) is 26.7 Å². The van der Waals surface area contributed by atoms with E-state index in [1.165, 1.54) is 16.9 Å². The molecular formula is C23H21N3O2S. The molecule has 1 N–H and O–H groups in total. The standard InChI is InChI=1S/C23H21N3O2S/c1-3-7-20-21(18-12-10-17(11-13-18)16-8-5-4-6-9-16)24-23(29-20)25-22(27)19-14-15(2)28-26-19/h4-6,8-14H,3,7H2,1-2H3,(H,24,25,27). The lowest BCUT2D eigenvalue weighted by atomic mass is 10.0. The molecule has 4 rings (SSSR count). The van der Waals surface area contributed by atoms with E-state index in [4.69, 9.17) is 9.51 Å². The van der Waals surface area contributed by atoms with Gasteiger partial charge < -0.3 is 4.52 Å². The Morgan fingerprint density at radius 2 is 1.72 bits per heavy atom. The molecule has 6 heteroatoms. The Hall–Kier alpha value is -3.25. The first kappa shape index (κ1) is 19.1. The summed E-state index contributed by atoms with van der Waals surface area (Å²) in [4.78, 5) is 18.2. The van der Waals surface area contributed by atoms with Crippen molar-refractivity contribution in [1.29, 1.82) is 0 Å². The molecule has 0 spiro atoms. The van der Waals surface area contributed by atoms with E-state index in [0.29, 0.717) is 10.9 Å². The average molecular weight is 404 g/mol. The molecule has 2 aromatic carbocycles. The number of nitrogens with zero attached hydrogens (tertiary/aromatic N) is 2. The number of thiazole rings is 1. The van der Waals surface area contributed by atoms with Crippen LogP contribution in [0, 0.1) is 6.92 Å². The topological polar surface area (TPSA) is 68.0 Å². The number of aromatic nitrogens is 2. The summed E-state index contributed by atoms with van der Waals surface area (Å²) < 4.78 is 4.98. The van der Waals surface area contributed by atoms with Crippen LogP contribution in [0.4, 0.5) is 5.13 Å². The maximum Gasteiger partial charge on any atom is 0.279 e. The van der Waals surface area contributed by atoms with Crippen molar-refractivity contribution in [2.24, 2.45) is 0 Å². The summed E-state index contributed by atoms with van der Waals surface area (Å²) in [5.41, 5.74) is 4.56. The lowest BCUT2D eigenvalue weighted by molar-refractivity contribution is 0.101. The SMILES string of the molecule is CCCc1sc(NC(=O)c2cc(C)on2)nc1-c1ccc(-c2ccccc2)cc1. The highest BCUT2D eigenvalue weighted by molar-refractivity contribution is 7.16. The Bertz CT molecular complexity index is 1110. The molecule has 0 aliphatic rings. The van der Waals surface area contributed by atoms with Crippen LogP contribution < -0.4 is 5.32 Å². The second-order valence-electron chi connectivity index (χ2n) is 6.76. The average Bonchev–Trinajstić information content (AvgIpc) is 3.35. The van der Waals surface area contributed by atoms with Crippen molar-refractivity contribution in [1.82, 2.24) is 10.1 Å². The summed E-state index contributed by atoms with van der Waals surface area (Å²) in [6.07, 6.45) is 1.92. The van der Waals surface area contributed by atoms with Crippen molar-refractivity contribution in [3.05, 3.63) is 77.0 Å². The van der Waals surface area contributed by atoms with E-state index >= 15 is 0 Å². The summed E-state index contributed by atoms with van der Waals surface area (Å²) in [5, 5.41) is 7.18. The largest absolute Gasteiger partial charge is 0.361 e. The predicted molar refractivity (Wildman–Crippen MR) is 116 cm³/mol. The molecule has 4 aromatic rings. The molecule has 0 fully saturated rings. The van der Waals surface area contributed by atoms with Crippen LogP contribution in [0.5, 0.6) is 0 Å². The lowest BCUT2D eigenvalue weighted by Gasteiger charge is -2.04. The van der Waals surface area contributed by atoms with E-state index in [2.05, 4.69) is 53.8 Å². The van der Waals surface area contributed by atoms with Crippen molar-refractivity contribution < 1.29 is 9.32 Å². The zero-order valence-corrected chi connectivity index (χ0v) is 17.1. The summed E-state index contributed by atoms with van der Waals surface area (Å²) >= 11 is 1.51. The fraction of sp³-hybridized carbons (Fsp3) is 0.174. The van der Waals surface area contributed by atoms with E-state index < -0.39 is 0 Å². The third-order valence-electron chi connectivity index (χ3n) is 4.52. The minimum atomic E-state index is -0.315. The molecule has 0 aliphatic carbocycles. The highest BCUT2D eigenvalue weighted by Gasteiger charge is 2.17. The van der Waals surface area contributed by atoms with Crippen molar-refractivity contribution >= 4 is 22.4 Å². The number of anilines is 1. The minimum absolute atomic E-state index is 0.253. The molecule has 29 heavy (non-hydrogen) atoms. The molecule has 5 nitrogen and oxygen atoms in total. The van der Waals surface area contributed by atoms with Gasteiger partial charge in [0.1, 0.15) is 5.76 Å². The molecule has 0 radical (unpaired) electrons. The first-order valence-corrected chi connectivity index (χ1v) is 10.4. The van der Waals surface area contributed by atoms with Crippen LogP contribution in [0.15, 0.2) is 65.2 Å². The van der Waals surface area contributed by atoms with Gasteiger partial charge in [-0.05, 0) is 24.5 Å². The van der Waals surface area contributed by atoms with E-state index in [9.17, 15) is 4.79 Å². The molecule has 1 amide bonds. The van der Waals surface area contributed by atoms with Gasteiger partial charge in [-0.2, -0.15) is 0 Å². The molecule has 0 saturated heterocycles. The first-order valence-electron chi connectivity index (χ1n) is 9.54. The molecule has 0 atom stereocenters. The fourth-order valence-electron chi connectivity index (χ4n) is 3.11. The Morgan fingerprint density at radius 3 is 2.38 bits per heavy atom. The van der Waals surface area contributed by atoms with Crippen LogP contribution in [0.1, 0.15) is 34.5 Å². The summed E-state index contributed by atoms with van der Waals surface area (Å²) in [5.74, 6) is 0.282. The number of carbonyl (C=O) groups excluding carboxylic acids is 1. The fourth-order valence-corrected chi connectivity index (χ4v) is 4.19. The third-order valence-corrected chi connectivity index (χ3v) is 5.55. The van der Waals surface area contributed by atoms with Gasteiger partial charge in [-0.15, -0.1) is 11.3 Å². The van der Waals surface area contributed by atoms with Crippen molar-refractivity contribution in [3.63, 3.8) is 0 Å². The normalized spacial score (nSPS) is 10.8. The van der Waals surface area contributed by atoms with Gasteiger partial charge in [0.05, 0.1) is 5.69 Å². The highest BCUT2D eigenvalue weighted by Crippen LogP contribution is 2.33. The number of hydrogen-bond acceptors (Lipinski definition) is 5. The molecule has 2 heterocycles. The Balaban J connectivity index is 1.60. The predicted octanol–water partition coefficient (Wildman–Crippen LogP) is 5.98. The van der Waals surface area contributed by atoms with Crippen LogP contribution in [0.2, 0.25) is 0 Å². The van der Waals surface area contributed by atoms with Crippen molar-refractivity contribution in [2.75, 3.05) is 5.32 Å². The van der Waals surface area contributed by atoms with E-state index in [1.807, 2.05) is 18.2 Å². The number of amides is 1. The van der Waals surface area contributed by atoms with E-state index in [-0.39, 0.29) is 11.6 Å². The monoisotopic (exact) mass is 403 g/mol. The summed E-state index contributed by atoms with van der Waals surface area (Å²) in [7, 11) is 0. The van der Waals surface area contributed by atoms with Gasteiger partial charge in [0.25, 0.3) is 5.91 Å². The molecule has 146 valence electrons. The van der Waals surface area contributed by atoms with Gasteiger partial charge in [0, 0.05) is 16.5 Å². The first-order chi connectivity index (χ1) is 14.1. The van der Waals surface area contributed by atoms with E-state index in [0.717, 1.165) is 34.5 Å². The molecule has 0 saturated carbocycles. The number of benzene rings is 2. The van der Waals surface area contributed by atoms with Gasteiger partial charge in [-0.1, -0.05) is 73.1 Å². The maximum absolute atomic E-state index is 12.4. The number of aryl methyl sites for hydroxylation is 2. The van der Waals surface area contributed by atoms with Crippen LogP contribution in [-0.2, 0) is 6.42 Å². The summed E-state index contributed by atoms with van der Waals surface area (Å²) in [6, 6.07) is 20.3. The van der Waals surface area contributed by atoms with Gasteiger partial charge in [0.2, 0.25) is 0 Å². The Kier molecular flexibility index (Phi) is 5.53. The molecular weight excluding hydrogens is 382 g/mol. The quantitative estimate of drug-likeness (QED) is 0.430. The van der Waals surface area contributed by atoms with Crippen LogP contribution in [-0.4, -0.2) is 16.0 Å². The van der Waals surface area contributed by atoms with Crippen molar-refractivity contribution in [3.8, 4) is 22.4 Å². The maximum atomic E-state index is 12.4. The molecule has 0 unspecified atom stereocenters. The van der Waals surface area contributed by atoms with Gasteiger partial charge >= 0.3 is 0 Å². The Morgan fingerprint density at radius 1 is 1.03 bits per heavy atom. The second-order valence-corrected chi connectivity index (χ2v) is 7.84. The number of carbonyl (C=O) groups is 1. The molecule has 0 bridgehead atoms.